The van der Waals surface area contributed by atoms with Crippen LogP contribution in [0, 0.1) is 0 Å². The number of aromatic nitrogens is 3. The average molecular weight is 501 g/mol. The third-order valence-corrected chi connectivity index (χ3v) is 6.20. The van der Waals surface area contributed by atoms with E-state index < -0.39 is 11.6 Å². The summed E-state index contributed by atoms with van der Waals surface area (Å²) in [7, 11) is 0. The number of nitrogens with one attached hydrogen (secondary N) is 3. The van der Waals surface area contributed by atoms with Gasteiger partial charge in [-0.15, -0.1) is 0 Å². The zero-order valence-corrected chi connectivity index (χ0v) is 20.7. The fourth-order valence-electron chi connectivity index (χ4n) is 4.21. The van der Waals surface area contributed by atoms with E-state index in [2.05, 4.69) is 31.1 Å². The number of carbonyl (C=O) groups excluding carboxylic acids is 1. The van der Waals surface area contributed by atoms with E-state index >= 15 is 0 Å². The van der Waals surface area contributed by atoms with Crippen LogP contribution in [-0.2, 0) is 5.60 Å². The summed E-state index contributed by atoms with van der Waals surface area (Å²) in [5, 5.41) is 33.9. The molecule has 5 N–H and O–H groups in total. The summed E-state index contributed by atoms with van der Waals surface area (Å²) in [5.41, 5.74) is 3.09. The Hall–Kier alpha value is -4.28. The first-order valence-corrected chi connectivity index (χ1v) is 11.9. The van der Waals surface area contributed by atoms with Crippen LogP contribution < -0.4 is 16.0 Å². The maximum Gasteiger partial charge on any atom is 0.261 e. The van der Waals surface area contributed by atoms with E-state index in [0.29, 0.717) is 22.6 Å². The Balaban J connectivity index is 1.51. The monoisotopic (exact) mass is 500 g/mol. The summed E-state index contributed by atoms with van der Waals surface area (Å²) >= 11 is 0. The molecule has 1 amide bonds. The number of amides is 1. The largest absolute Gasteiger partial charge is 0.394 e. The van der Waals surface area contributed by atoms with Crippen LogP contribution in [0.25, 0.3) is 11.5 Å². The van der Waals surface area contributed by atoms with Gasteiger partial charge in [-0.1, -0.05) is 35.5 Å². The molecule has 0 aliphatic carbocycles. The standard InChI is InChI=1S/C27H28N6O4/c1-15-19-11-17(9-10-18(19)24(35)29-15)30-23-12-21(31-22(14-34)16-7-5-4-6-8-16)20(13-28-23)25-32-26(33-37-25)27(2,3)36/h4-13,15,22,34,36H,14H2,1-3H3,(H,29,35)(H2,28,30,31)/t15?,22-/m1/s1. The lowest BCUT2D eigenvalue weighted by Crippen LogP contribution is -2.17. The molecule has 1 unspecified atom stereocenters. The lowest BCUT2D eigenvalue weighted by molar-refractivity contribution is 0.0661. The minimum absolute atomic E-state index is 0.0736. The van der Waals surface area contributed by atoms with Crippen molar-refractivity contribution in [1.29, 1.82) is 0 Å². The molecule has 10 heteroatoms. The molecular formula is C27H28N6O4. The molecule has 2 atom stereocenters. The molecule has 4 aromatic rings. The topological polar surface area (TPSA) is 145 Å². The molecule has 2 aromatic carbocycles. The summed E-state index contributed by atoms with van der Waals surface area (Å²) in [4.78, 5) is 21.0. The number of aliphatic hydroxyl groups is 2. The molecule has 0 spiro atoms. The van der Waals surface area contributed by atoms with Crippen molar-refractivity contribution >= 4 is 23.1 Å². The summed E-state index contributed by atoms with van der Waals surface area (Å²) in [6.07, 6.45) is 1.59. The molecule has 190 valence electrons. The van der Waals surface area contributed by atoms with Crippen LogP contribution in [0.15, 0.2) is 65.3 Å². The average Bonchev–Trinajstić information content (AvgIpc) is 3.48. The van der Waals surface area contributed by atoms with Gasteiger partial charge >= 0.3 is 0 Å². The zero-order valence-electron chi connectivity index (χ0n) is 20.7. The van der Waals surface area contributed by atoms with Crippen molar-refractivity contribution in [1.82, 2.24) is 20.4 Å². The molecule has 37 heavy (non-hydrogen) atoms. The molecule has 5 rings (SSSR count). The van der Waals surface area contributed by atoms with Crippen molar-refractivity contribution in [3.8, 4) is 11.5 Å². The van der Waals surface area contributed by atoms with Gasteiger partial charge in [0, 0.05) is 23.5 Å². The van der Waals surface area contributed by atoms with Crippen LogP contribution in [0.4, 0.5) is 17.2 Å². The Kier molecular flexibility index (Phi) is 6.36. The van der Waals surface area contributed by atoms with Gasteiger partial charge in [-0.25, -0.2) is 4.98 Å². The van der Waals surface area contributed by atoms with Crippen molar-refractivity contribution in [2.24, 2.45) is 0 Å². The van der Waals surface area contributed by atoms with E-state index in [1.807, 2.05) is 49.4 Å². The normalized spacial score (nSPS) is 15.7. The molecule has 2 aromatic heterocycles. The molecule has 1 aliphatic rings. The number of nitrogens with zero attached hydrogens (tertiary/aromatic N) is 3. The van der Waals surface area contributed by atoms with Gasteiger partial charge in [-0.05, 0) is 50.1 Å². The summed E-state index contributed by atoms with van der Waals surface area (Å²) in [6.45, 7) is 4.93. The predicted octanol–water partition coefficient (Wildman–Crippen LogP) is 4.05. The summed E-state index contributed by atoms with van der Waals surface area (Å²) < 4.78 is 5.45. The van der Waals surface area contributed by atoms with Crippen molar-refractivity contribution in [3.05, 3.63) is 83.3 Å². The summed E-state index contributed by atoms with van der Waals surface area (Å²) in [6, 6.07) is 16.4. The smallest absolute Gasteiger partial charge is 0.261 e. The minimum Gasteiger partial charge on any atom is -0.394 e. The molecule has 0 saturated carbocycles. The predicted molar refractivity (Wildman–Crippen MR) is 138 cm³/mol. The second-order valence-corrected chi connectivity index (χ2v) is 9.51. The second kappa shape index (κ2) is 9.64. The van der Waals surface area contributed by atoms with Crippen molar-refractivity contribution < 1.29 is 19.5 Å². The van der Waals surface area contributed by atoms with Crippen molar-refractivity contribution in [2.75, 3.05) is 17.2 Å². The van der Waals surface area contributed by atoms with Crippen molar-refractivity contribution in [3.63, 3.8) is 0 Å². The Morgan fingerprint density at radius 2 is 1.92 bits per heavy atom. The van der Waals surface area contributed by atoms with Crippen molar-refractivity contribution in [2.45, 2.75) is 38.5 Å². The van der Waals surface area contributed by atoms with Gasteiger partial charge in [0.05, 0.1) is 29.9 Å². The maximum absolute atomic E-state index is 12.1. The number of aliphatic hydroxyl groups excluding tert-OH is 1. The zero-order chi connectivity index (χ0) is 26.2. The molecule has 0 radical (unpaired) electrons. The van der Waals surface area contributed by atoms with E-state index in [1.165, 1.54) is 0 Å². The van der Waals surface area contributed by atoms with E-state index in [9.17, 15) is 15.0 Å². The van der Waals surface area contributed by atoms with Crippen LogP contribution in [0.3, 0.4) is 0 Å². The van der Waals surface area contributed by atoms with Crippen LogP contribution in [0.2, 0.25) is 0 Å². The fourth-order valence-corrected chi connectivity index (χ4v) is 4.21. The van der Waals surface area contributed by atoms with Gasteiger partial charge in [-0.3, -0.25) is 4.79 Å². The van der Waals surface area contributed by atoms with Gasteiger partial charge in [0.2, 0.25) is 5.82 Å². The fraction of sp³-hybridized carbons (Fsp3) is 0.259. The number of pyridine rings is 1. The number of hydrogen-bond donors (Lipinski definition) is 5. The van der Waals surface area contributed by atoms with Gasteiger partial charge in [-0.2, -0.15) is 4.98 Å². The third kappa shape index (κ3) is 5.02. The number of benzene rings is 2. The van der Waals surface area contributed by atoms with Crippen LogP contribution >= 0.6 is 0 Å². The molecule has 0 bridgehead atoms. The summed E-state index contributed by atoms with van der Waals surface area (Å²) in [5.74, 6) is 0.777. The Labute approximate surface area is 213 Å². The van der Waals surface area contributed by atoms with Crippen LogP contribution in [0.5, 0.6) is 0 Å². The van der Waals surface area contributed by atoms with Crippen LogP contribution in [0.1, 0.15) is 60.2 Å². The molecule has 10 nitrogen and oxygen atoms in total. The number of anilines is 3. The molecular weight excluding hydrogens is 472 g/mol. The Morgan fingerprint density at radius 1 is 1.14 bits per heavy atom. The molecule has 0 saturated heterocycles. The maximum atomic E-state index is 12.1. The van der Waals surface area contributed by atoms with E-state index in [4.69, 9.17) is 4.52 Å². The molecule has 0 fully saturated rings. The first kappa shape index (κ1) is 24.4. The third-order valence-electron chi connectivity index (χ3n) is 6.20. The van der Waals surface area contributed by atoms with Gasteiger partial charge in [0.15, 0.2) is 0 Å². The highest BCUT2D eigenvalue weighted by atomic mass is 16.5. The highest BCUT2D eigenvalue weighted by Gasteiger charge is 2.27. The minimum atomic E-state index is -1.27. The van der Waals surface area contributed by atoms with Gasteiger partial charge < -0.3 is 30.7 Å². The molecule has 3 heterocycles. The van der Waals surface area contributed by atoms with E-state index in [1.54, 1.807) is 32.2 Å². The highest BCUT2D eigenvalue weighted by molar-refractivity contribution is 5.99. The van der Waals surface area contributed by atoms with E-state index in [0.717, 1.165) is 16.8 Å². The SMILES string of the molecule is CC1NC(=O)c2ccc(Nc3cc(N[C@H](CO)c4ccccc4)c(-c4nc(C(C)(C)O)no4)cn3)cc21. The van der Waals surface area contributed by atoms with Gasteiger partial charge in [0.25, 0.3) is 11.8 Å². The number of rotatable bonds is 8. The second-order valence-electron chi connectivity index (χ2n) is 9.51. The Bertz CT molecular complexity index is 1430. The first-order chi connectivity index (χ1) is 17.7. The quantitative estimate of drug-likeness (QED) is 0.242. The number of hydrogen-bond acceptors (Lipinski definition) is 9. The lowest BCUT2D eigenvalue weighted by Gasteiger charge is -2.20. The van der Waals surface area contributed by atoms with Gasteiger partial charge in [0.1, 0.15) is 11.4 Å². The van der Waals surface area contributed by atoms with E-state index in [-0.39, 0.29) is 30.3 Å². The number of fused-ring (bicyclic) bond motifs is 1. The first-order valence-electron chi connectivity index (χ1n) is 11.9. The molecule has 1 aliphatic heterocycles. The lowest BCUT2D eigenvalue weighted by atomic mass is 10.0. The Morgan fingerprint density at radius 3 is 2.62 bits per heavy atom. The number of carbonyl (C=O) groups is 1. The highest BCUT2D eigenvalue weighted by Crippen LogP contribution is 2.34. The van der Waals surface area contributed by atoms with Crippen LogP contribution in [-0.4, -0.2) is 37.9 Å².